The third-order valence-corrected chi connectivity index (χ3v) is 8.45. The Morgan fingerprint density at radius 2 is 1.57 bits per heavy atom. The second kappa shape index (κ2) is 14.2. The number of sulfonamides is 1. The predicted octanol–water partition coefficient (Wildman–Crippen LogP) is 4.78. The number of carbonyl (C=O) groups is 2. The number of ether oxygens (including phenoxy) is 1. The van der Waals surface area contributed by atoms with E-state index in [1.165, 1.54) is 36.3 Å². The zero-order chi connectivity index (χ0) is 29.3. The Kier molecular flexibility index (Phi) is 11.0. The molecule has 0 aliphatic carbocycles. The molecule has 2 amide bonds. The molecule has 10 heteroatoms. The Morgan fingerprint density at radius 1 is 0.950 bits per heavy atom. The van der Waals surface area contributed by atoms with Gasteiger partial charge >= 0.3 is 0 Å². The fourth-order valence-corrected chi connectivity index (χ4v) is 5.76. The van der Waals surface area contributed by atoms with Crippen LogP contribution >= 0.6 is 11.6 Å². The first-order chi connectivity index (χ1) is 19.0. The molecule has 0 radical (unpaired) electrons. The molecule has 0 aliphatic rings. The molecule has 0 saturated carbocycles. The van der Waals surface area contributed by atoms with Gasteiger partial charge in [-0.05, 0) is 55.2 Å². The van der Waals surface area contributed by atoms with Crippen molar-refractivity contribution in [3.05, 3.63) is 89.4 Å². The molecule has 1 unspecified atom stereocenters. The van der Waals surface area contributed by atoms with Crippen LogP contribution < -0.4 is 14.4 Å². The molecule has 1 N–H and O–H groups in total. The van der Waals surface area contributed by atoms with E-state index in [2.05, 4.69) is 5.32 Å². The third-order valence-electron chi connectivity index (χ3n) is 6.37. The van der Waals surface area contributed by atoms with E-state index in [1.54, 1.807) is 31.2 Å². The molecule has 0 saturated heterocycles. The van der Waals surface area contributed by atoms with Crippen molar-refractivity contribution >= 4 is 39.1 Å². The molecule has 0 bridgehead atoms. The van der Waals surface area contributed by atoms with Gasteiger partial charge in [0.15, 0.2) is 0 Å². The van der Waals surface area contributed by atoms with Gasteiger partial charge in [0.1, 0.15) is 18.3 Å². The lowest BCUT2D eigenvalue weighted by Gasteiger charge is -2.32. The SMILES string of the molecule is COc1ccc(N(CC(=O)N(CCc2ccccc2)C(C)C(=O)NCC(C)C)S(=O)(=O)c2ccccc2)cc1Cl. The van der Waals surface area contributed by atoms with Crippen LogP contribution in [0.15, 0.2) is 83.8 Å². The van der Waals surface area contributed by atoms with E-state index < -0.39 is 28.5 Å². The molecule has 40 heavy (non-hydrogen) atoms. The Hall–Kier alpha value is -3.56. The van der Waals surface area contributed by atoms with E-state index in [1.807, 2.05) is 44.2 Å². The highest BCUT2D eigenvalue weighted by molar-refractivity contribution is 7.92. The van der Waals surface area contributed by atoms with E-state index in [9.17, 15) is 18.0 Å². The van der Waals surface area contributed by atoms with E-state index >= 15 is 0 Å². The van der Waals surface area contributed by atoms with Crippen molar-refractivity contribution in [2.24, 2.45) is 5.92 Å². The summed E-state index contributed by atoms with van der Waals surface area (Å²) in [5.74, 6) is -0.223. The number of benzene rings is 3. The Bertz CT molecular complexity index is 1380. The molecule has 0 spiro atoms. The van der Waals surface area contributed by atoms with Gasteiger partial charge in [0.2, 0.25) is 11.8 Å². The van der Waals surface area contributed by atoms with E-state index in [-0.39, 0.29) is 34.0 Å². The van der Waals surface area contributed by atoms with Crippen molar-refractivity contribution in [3.8, 4) is 5.75 Å². The summed E-state index contributed by atoms with van der Waals surface area (Å²) in [5.41, 5.74) is 1.19. The number of methoxy groups -OCH3 is 1. The summed E-state index contributed by atoms with van der Waals surface area (Å²) in [6.07, 6.45) is 0.494. The van der Waals surface area contributed by atoms with Gasteiger partial charge in [-0.15, -0.1) is 0 Å². The van der Waals surface area contributed by atoms with Crippen LogP contribution in [0.1, 0.15) is 26.3 Å². The highest BCUT2D eigenvalue weighted by atomic mass is 35.5. The molecule has 1 atom stereocenters. The number of nitrogens with zero attached hydrogens (tertiary/aromatic N) is 2. The molecule has 0 aromatic heterocycles. The molecule has 214 valence electrons. The lowest BCUT2D eigenvalue weighted by molar-refractivity contribution is -0.138. The van der Waals surface area contributed by atoms with Crippen LogP contribution in [0, 0.1) is 5.92 Å². The minimum Gasteiger partial charge on any atom is -0.495 e. The number of carbonyl (C=O) groups excluding carboxylic acids is 2. The highest BCUT2D eigenvalue weighted by Gasteiger charge is 2.32. The summed E-state index contributed by atoms with van der Waals surface area (Å²) in [4.78, 5) is 28.4. The largest absolute Gasteiger partial charge is 0.495 e. The van der Waals surface area contributed by atoms with E-state index in [0.717, 1.165) is 9.87 Å². The highest BCUT2D eigenvalue weighted by Crippen LogP contribution is 2.32. The minimum absolute atomic E-state index is 0.0216. The average molecular weight is 586 g/mol. The first kappa shape index (κ1) is 31.0. The van der Waals surface area contributed by atoms with Gasteiger partial charge in [0, 0.05) is 13.1 Å². The number of halogens is 1. The molecule has 0 heterocycles. The molecular weight excluding hydrogens is 550 g/mol. The molecule has 3 aromatic carbocycles. The first-order valence-corrected chi connectivity index (χ1v) is 14.9. The number of anilines is 1. The Balaban J connectivity index is 1.98. The molecule has 3 aromatic rings. The molecule has 3 rings (SSSR count). The van der Waals surface area contributed by atoms with Crippen molar-refractivity contribution in [1.82, 2.24) is 10.2 Å². The fourth-order valence-electron chi connectivity index (χ4n) is 4.08. The molecule has 0 fully saturated rings. The maximum absolute atomic E-state index is 13.9. The van der Waals surface area contributed by atoms with E-state index in [0.29, 0.717) is 18.7 Å². The van der Waals surface area contributed by atoms with Crippen LogP contribution in [-0.2, 0) is 26.0 Å². The maximum Gasteiger partial charge on any atom is 0.264 e. The summed E-state index contributed by atoms with van der Waals surface area (Å²) in [6.45, 7) is 5.77. The monoisotopic (exact) mass is 585 g/mol. The van der Waals surface area contributed by atoms with Crippen LogP contribution in [0.5, 0.6) is 5.75 Å². The molecule has 8 nitrogen and oxygen atoms in total. The number of rotatable bonds is 13. The fraction of sp³-hybridized carbons (Fsp3) is 0.333. The van der Waals surface area contributed by atoms with Crippen LogP contribution in [0.2, 0.25) is 5.02 Å². The summed E-state index contributed by atoms with van der Waals surface area (Å²) < 4.78 is 33.9. The number of nitrogens with one attached hydrogen (secondary N) is 1. The first-order valence-electron chi connectivity index (χ1n) is 13.1. The summed E-state index contributed by atoms with van der Waals surface area (Å²) in [5, 5.41) is 3.08. The summed E-state index contributed by atoms with van der Waals surface area (Å²) in [6, 6.07) is 21.2. The van der Waals surface area contributed by atoms with Crippen LogP contribution in [0.25, 0.3) is 0 Å². The average Bonchev–Trinajstić information content (AvgIpc) is 2.95. The summed E-state index contributed by atoms with van der Waals surface area (Å²) in [7, 11) is -2.71. The summed E-state index contributed by atoms with van der Waals surface area (Å²) >= 11 is 6.34. The second-order valence-electron chi connectivity index (χ2n) is 9.78. The van der Waals surface area contributed by atoms with Crippen molar-refractivity contribution in [1.29, 1.82) is 0 Å². The van der Waals surface area contributed by atoms with Crippen LogP contribution in [0.4, 0.5) is 5.69 Å². The zero-order valence-corrected chi connectivity index (χ0v) is 24.8. The van der Waals surface area contributed by atoms with Gasteiger partial charge in [-0.2, -0.15) is 0 Å². The van der Waals surface area contributed by atoms with Crippen molar-refractivity contribution in [2.45, 2.75) is 38.1 Å². The van der Waals surface area contributed by atoms with Gasteiger partial charge in [0.05, 0.1) is 22.7 Å². The zero-order valence-electron chi connectivity index (χ0n) is 23.2. The smallest absolute Gasteiger partial charge is 0.264 e. The predicted molar refractivity (Wildman–Crippen MR) is 158 cm³/mol. The van der Waals surface area contributed by atoms with Gasteiger partial charge in [-0.3, -0.25) is 13.9 Å². The van der Waals surface area contributed by atoms with Crippen LogP contribution in [0.3, 0.4) is 0 Å². The van der Waals surface area contributed by atoms with Gasteiger partial charge in [-0.1, -0.05) is 74.0 Å². The quantitative estimate of drug-likeness (QED) is 0.312. The van der Waals surface area contributed by atoms with Gasteiger partial charge in [0.25, 0.3) is 10.0 Å². The van der Waals surface area contributed by atoms with Gasteiger partial charge in [-0.25, -0.2) is 8.42 Å². The van der Waals surface area contributed by atoms with Crippen molar-refractivity contribution < 1.29 is 22.7 Å². The minimum atomic E-state index is -4.17. The van der Waals surface area contributed by atoms with Crippen molar-refractivity contribution in [2.75, 3.05) is 31.0 Å². The topological polar surface area (TPSA) is 96.0 Å². The van der Waals surface area contributed by atoms with E-state index in [4.69, 9.17) is 16.3 Å². The second-order valence-corrected chi connectivity index (χ2v) is 12.1. The normalized spacial score (nSPS) is 12.1. The van der Waals surface area contributed by atoms with Crippen molar-refractivity contribution in [3.63, 3.8) is 0 Å². The number of hydrogen-bond acceptors (Lipinski definition) is 5. The maximum atomic E-state index is 13.9. The lowest BCUT2D eigenvalue weighted by Crippen LogP contribution is -2.52. The molecule has 0 aliphatic heterocycles. The third kappa shape index (κ3) is 7.99. The standard InChI is InChI=1S/C30H36ClN3O5S/c1-22(2)20-32-30(36)23(3)33(18-17-24-11-7-5-8-12-24)29(35)21-34(25-15-16-28(39-4)27(31)19-25)40(37,38)26-13-9-6-10-14-26/h5-16,19,22-23H,17-18,20-21H2,1-4H3,(H,32,36). The molecular formula is C30H36ClN3O5S. The number of amides is 2. The lowest BCUT2D eigenvalue weighted by atomic mass is 10.1. The van der Waals surface area contributed by atoms with Gasteiger partial charge < -0.3 is 15.0 Å². The Morgan fingerprint density at radius 3 is 2.15 bits per heavy atom. The Labute approximate surface area is 241 Å². The van der Waals surface area contributed by atoms with Crippen LogP contribution in [-0.4, -0.2) is 57.9 Å². The number of hydrogen-bond donors (Lipinski definition) is 1.